The minimum Gasteiger partial charge on any atom is -0.480 e. The van der Waals surface area contributed by atoms with Gasteiger partial charge < -0.3 is 29.8 Å². The second-order valence-electron chi connectivity index (χ2n) is 6.98. The maximum Gasteiger partial charge on any atom is 0.508 e. The first-order chi connectivity index (χ1) is 14.5. The fourth-order valence-corrected chi connectivity index (χ4v) is 2.80. The maximum atomic E-state index is 11.8. The zero-order chi connectivity index (χ0) is 23.6. The lowest BCUT2D eigenvalue weighted by Gasteiger charge is -2.25. The van der Waals surface area contributed by atoms with Gasteiger partial charge in [-0.2, -0.15) is 0 Å². The van der Waals surface area contributed by atoms with Crippen LogP contribution in [-0.4, -0.2) is 47.9 Å². The monoisotopic (exact) mass is 439 g/mol. The van der Waals surface area contributed by atoms with Crippen molar-refractivity contribution in [1.82, 2.24) is 0 Å². The van der Waals surface area contributed by atoms with Crippen molar-refractivity contribution in [2.75, 3.05) is 6.61 Å². The molecule has 0 aliphatic heterocycles. The molecule has 3 N–H and O–H groups in total. The number of nitrogens with two attached hydrogens (primary N) is 1. The van der Waals surface area contributed by atoms with Crippen LogP contribution in [0.5, 0.6) is 11.5 Å². The number of aliphatic carboxylic acids is 1. The molecule has 2 unspecified atom stereocenters. The Hall–Kier alpha value is -3.14. The van der Waals surface area contributed by atoms with E-state index < -0.39 is 42.1 Å². The summed E-state index contributed by atoms with van der Waals surface area (Å²) in [5.41, 5.74) is 6.28. The Morgan fingerprint density at radius 3 is 2.23 bits per heavy atom. The standard InChI is InChI=1S/C21H29NO9/c1-5-6-9-28-21(27)29-12(2)10-16(19(22)20(25)26)15-7-8-17(30-13(3)23)18(11-15)31-14(4)24/h7-8,11-12,16,19H,5-6,9-10,22H2,1-4H3,(H,25,26)/t12?,16?,19-/m0/s1. The van der Waals surface area contributed by atoms with Crippen molar-refractivity contribution in [3.63, 3.8) is 0 Å². The van der Waals surface area contributed by atoms with E-state index in [1.54, 1.807) is 6.92 Å². The Morgan fingerprint density at radius 2 is 1.68 bits per heavy atom. The summed E-state index contributed by atoms with van der Waals surface area (Å²) in [6, 6.07) is 2.91. The molecule has 172 valence electrons. The first kappa shape index (κ1) is 25.9. The molecule has 0 aromatic heterocycles. The van der Waals surface area contributed by atoms with Gasteiger partial charge in [-0.3, -0.25) is 14.4 Å². The Bertz CT molecular complexity index is 793. The van der Waals surface area contributed by atoms with Crippen LogP contribution in [-0.2, 0) is 23.9 Å². The molecule has 31 heavy (non-hydrogen) atoms. The number of carbonyl (C=O) groups excluding carboxylic acids is 3. The van der Waals surface area contributed by atoms with Gasteiger partial charge in [0.15, 0.2) is 11.5 Å². The minimum atomic E-state index is -1.34. The highest BCUT2D eigenvalue weighted by atomic mass is 16.7. The summed E-state index contributed by atoms with van der Waals surface area (Å²) in [5.74, 6) is -3.41. The van der Waals surface area contributed by atoms with Gasteiger partial charge in [0.05, 0.1) is 6.61 Å². The zero-order valence-electron chi connectivity index (χ0n) is 18.1. The van der Waals surface area contributed by atoms with Crippen molar-refractivity contribution in [3.8, 4) is 11.5 Å². The van der Waals surface area contributed by atoms with E-state index in [4.69, 9.17) is 24.7 Å². The summed E-state index contributed by atoms with van der Waals surface area (Å²) in [6.07, 6.45) is 0.0444. The van der Waals surface area contributed by atoms with Crippen molar-refractivity contribution in [3.05, 3.63) is 23.8 Å². The maximum absolute atomic E-state index is 11.8. The average molecular weight is 439 g/mol. The van der Waals surface area contributed by atoms with E-state index in [0.29, 0.717) is 12.0 Å². The summed E-state index contributed by atoms with van der Waals surface area (Å²) in [6.45, 7) is 6.12. The molecule has 1 aromatic carbocycles. The molecule has 0 aliphatic rings. The molecule has 0 radical (unpaired) electrons. The fourth-order valence-electron chi connectivity index (χ4n) is 2.80. The first-order valence-electron chi connectivity index (χ1n) is 9.87. The number of carboxylic acids is 1. The lowest BCUT2D eigenvalue weighted by Crippen LogP contribution is -2.38. The lowest BCUT2D eigenvalue weighted by atomic mass is 9.87. The number of hydrogen-bond donors (Lipinski definition) is 2. The zero-order valence-corrected chi connectivity index (χ0v) is 18.1. The topological polar surface area (TPSA) is 151 Å². The highest BCUT2D eigenvalue weighted by Crippen LogP contribution is 2.34. The number of benzene rings is 1. The molecule has 0 bridgehead atoms. The number of carboxylic acid groups (broad SMARTS) is 1. The highest BCUT2D eigenvalue weighted by molar-refractivity contribution is 5.76. The van der Waals surface area contributed by atoms with Gasteiger partial charge in [-0.05, 0) is 37.5 Å². The van der Waals surface area contributed by atoms with Gasteiger partial charge in [-0.15, -0.1) is 0 Å². The summed E-state index contributed by atoms with van der Waals surface area (Å²) in [4.78, 5) is 46.0. The number of ether oxygens (including phenoxy) is 4. The second-order valence-corrected chi connectivity index (χ2v) is 6.98. The first-order valence-corrected chi connectivity index (χ1v) is 9.87. The van der Waals surface area contributed by atoms with Gasteiger partial charge in [0.2, 0.25) is 0 Å². The normalized spacial score (nSPS) is 13.5. The third-order valence-electron chi connectivity index (χ3n) is 4.22. The summed E-state index contributed by atoms with van der Waals surface area (Å²) >= 11 is 0. The van der Waals surface area contributed by atoms with Crippen LogP contribution >= 0.6 is 0 Å². The molecule has 0 saturated carbocycles. The average Bonchev–Trinajstić information content (AvgIpc) is 2.66. The van der Waals surface area contributed by atoms with Crippen molar-refractivity contribution >= 4 is 24.1 Å². The minimum absolute atomic E-state index is 0.00195. The Morgan fingerprint density at radius 1 is 1.06 bits per heavy atom. The summed E-state index contributed by atoms with van der Waals surface area (Å²) in [5, 5.41) is 9.43. The van der Waals surface area contributed by atoms with E-state index in [1.165, 1.54) is 32.0 Å². The Kier molecular flexibility index (Phi) is 10.5. The van der Waals surface area contributed by atoms with Gasteiger partial charge in [0, 0.05) is 19.8 Å². The smallest absolute Gasteiger partial charge is 0.480 e. The quantitative estimate of drug-likeness (QED) is 0.299. The largest absolute Gasteiger partial charge is 0.508 e. The molecule has 0 saturated heterocycles. The fraction of sp³-hybridized carbons (Fsp3) is 0.524. The molecule has 1 aromatic rings. The molecule has 10 heteroatoms. The van der Waals surface area contributed by atoms with Crippen molar-refractivity contribution in [2.45, 2.75) is 65.0 Å². The number of carbonyl (C=O) groups is 4. The molecule has 3 atom stereocenters. The predicted molar refractivity (Wildman–Crippen MR) is 109 cm³/mol. The van der Waals surface area contributed by atoms with Crippen LogP contribution in [0.15, 0.2) is 18.2 Å². The summed E-state index contributed by atoms with van der Waals surface area (Å²) in [7, 11) is 0. The summed E-state index contributed by atoms with van der Waals surface area (Å²) < 4.78 is 20.2. The van der Waals surface area contributed by atoms with Gasteiger partial charge in [-0.25, -0.2) is 4.79 Å². The number of hydrogen-bond acceptors (Lipinski definition) is 9. The van der Waals surface area contributed by atoms with Crippen molar-refractivity contribution in [2.24, 2.45) is 5.73 Å². The van der Waals surface area contributed by atoms with E-state index in [-0.39, 0.29) is 24.5 Å². The van der Waals surface area contributed by atoms with Gasteiger partial charge >= 0.3 is 24.1 Å². The predicted octanol–water partition coefficient (Wildman–Crippen LogP) is 2.76. The number of esters is 2. The van der Waals surface area contributed by atoms with Crippen molar-refractivity contribution < 1.29 is 43.2 Å². The van der Waals surface area contributed by atoms with Gasteiger partial charge in [-0.1, -0.05) is 19.4 Å². The number of unbranched alkanes of at least 4 members (excludes halogenated alkanes) is 1. The third-order valence-corrected chi connectivity index (χ3v) is 4.22. The van der Waals surface area contributed by atoms with Crippen LogP contribution in [0.3, 0.4) is 0 Å². The molecular weight excluding hydrogens is 410 g/mol. The molecule has 0 heterocycles. The van der Waals surface area contributed by atoms with E-state index in [2.05, 4.69) is 0 Å². The van der Waals surface area contributed by atoms with Crippen LogP contribution < -0.4 is 15.2 Å². The van der Waals surface area contributed by atoms with E-state index in [0.717, 1.165) is 6.42 Å². The Labute approximate surface area is 180 Å². The van der Waals surface area contributed by atoms with Crippen LogP contribution in [0, 0.1) is 0 Å². The molecule has 0 fully saturated rings. The molecule has 0 amide bonds. The van der Waals surface area contributed by atoms with E-state index in [1.807, 2.05) is 6.92 Å². The molecular formula is C21H29NO9. The lowest BCUT2D eigenvalue weighted by molar-refractivity contribution is -0.139. The SMILES string of the molecule is CCCCOC(=O)OC(C)CC(c1ccc(OC(C)=O)c(OC(C)=O)c1)[C@H](N)C(=O)O. The Balaban J connectivity index is 3.12. The van der Waals surface area contributed by atoms with E-state index >= 15 is 0 Å². The second kappa shape index (κ2) is 12.5. The van der Waals surface area contributed by atoms with Gasteiger partial charge in [0.25, 0.3) is 0 Å². The van der Waals surface area contributed by atoms with Crippen LogP contribution in [0.1, 0.15) is 58.4 Å². The molecule has 0 spiro atoms. The van der Waals surface area contributed by atoms with Crippen LogP contribution in [0.4, 0.5) is 4.79 Å². The molecule has 1 rings (SSSR count). The van der Waals surface area contributed by atoms with Crippen LogP contribution in [0.25, 0.3) is 0 Å². The highest BCUT2D eigenvalue weighted by Gasteiger charge is 2.30. The van der Waals surface area contributed by atoms with Crippen LogP contribution in [0.2, 0.25) is 0 Å². The van der Waals surface area contributed by atoms with E-state index in [9.17, 15) is 24.3 Å². The molecule has 0 aliphatic carbocycles. The van der Waals surface area contributed by atoms with Crippen molar-refractivity contribution in [1.29, 1.82) is 0 Å². The third kappa shape index (κ3) is 9.04. The van der Waals surface area contributed by atoms with Gasteiger partial charge in [0.1, 0.15) is 12.1 Å². The number of rotatable bonds is 11. The molecule has 10 nitrogen and oxygen atoms in total.